The lowest BCUT2D eigenvalue weighted by Gasteiger charge is -1.97. The molecule has 16 heavy (non-hydrogen) atoms. The lowest BCUT2D eigenvalue weighted by Crippen LogP contribution is -2.13. The number of benzene rings is 1. The predicted molar refractivity (Wildman–Crippen MR) is 68.6 cm³/mol. The molecule has 2 aromatic rings. The summed E-state index contributed by atoms with van der Waals surface area (Å²) in [5.74, 6) is -0.301. The molecule has 1 aromatic heterocycles. The third-order valence-corrected chi connectivity index (χ3v) is 2.88. The fourth-order valence-electron chi connectivity index (χ4n) is 1.42. The molecule has 0 fully saturated rings. The maximum atomic E-state index is 10.7. The van der Waals surface area contributed by atoms with Crippen LogP contribution >= 0.6 is 11.5 Å². The Morgan fingerprint density at radius 3 is 2.75 bits per heavy atom. The van der Waals surface area contributed by atoms with Crippen molar-refractivity contribution in [3.63, 3.8) is 0 Å². The Morgan fingerprint density at radius 2 is 2.12 bits per heavy atom. The highest BCUT2D eigenvalue weighted by Gasteiger charge is 2.04. The zero-order chi connectivity index (χ0) is 12.1. The van der Waals surface area contributed by atoms with E-state index in [2.05, 4.69) is 4.37 Å². The molecule has 1 aromatic carbocycles. The highest BCUT2D eigenvalue weighted by Crippen LogP contribution is 2.22. The zero-order valence-corrected chi connectivity index (χ0v) is 10.6. The normalized spacial score (nSPS) is 9.69. The summed E-state index contributed by atoms with van der Waals surface area (Å²) in [6.07, 6.45) is 0.297. The van der Waals surface area contributed by atoms with Gasteiger partial charge in [0.25, 0.3) is 0 Å². The molecular weight excluding hydrogens is 220 g/mol. The van der Waals surface area contributed by atoms with E-state index in [4.69, 9.17) is 5.73 Å². The Bertz CT molecular complexity index is 491. The van der Waals surface area contributed by atoms with Gasteiger partial charge in [-0.25, -0.2) is 0 Å². The molecule has 3 nitrogen and oxygen atoms in total. The van der Waals surface area contributed by atoms with Crippen LogP contribution in [0.2, 0.25) is 0 Å². The van der Waals surface area contributed by atoms with Gasteiger partial charge in [-0.1, -0.05) is 19.9 Å². The van der Waals surface area contributed by atoms with Gasteiger partial charge in [-0.2, -0.15) is 4.37 Å². The largest absolute Gasteiger partial charge is 0.369 e. The summed E-state index contributed by atoms with van der Waals surface area (Å²) in [5, 5.41) is 1.12. The summed E-state index contributed by atoms with van der Waals surface area (Å²) < 4.78 is 4.26. The first-order valence-corrected chi connectivity index (χ1v) is 6.07. The van der Waals surface area contributed by atoms with Crippen molar-refractivity contribution in [3.05, 3.63) is 28.6 Å². The minimum absolute atomic E-state index is 0.297. The van der Waals surface area contributed by atoms with Crippen LogP contribution in [0.3, 0.4) is 0 Å². The summed E-state index contributed by atoms with van der Waals surface area (Å²) in [6.45, 7) is 6.02. The summed E-state index contributed by atoms with van der Waals surface area (Å²) >= 11 is 1.48. The molecule has 0 aliphatic rings. The highest BCUT2D eigenvalue weighted by molar-refractivity contribution is 7.07. The molecule has 2 rings (SSSR count). The number of hydrogen-bond acceptors (Lipinski definition) is 3. The molecule has 0 radical (unpaired) electrons. The Balaban J connectivity index is 0.000000606. The number of rotatable bonds is 2. The van der Waals surface area contributed by atoms with Crippen LogP contribution in [0.1, 0.15) is 24.3 Å². The van der Waals surface area contributed by atoms with Crippen LogP contribution in [0, 0.1) is 6.92 Å². The van der Waals surface area contributed by atoms with Gasteiger partial charge in [0.15, 0.2) is 0 Å². The molecule has 0 unspecified atom stereocenters. The molecule has 0 aliphatic heterocycles. The number of amides is 1. The first kappa shape index (κ1) is 12.6. The van der Waals surface area contributed by atoms with Crippen LogP contribution in [-0.2, 0) is 11.2 Å². The molecule has 0 saturated carbocycles. The van der Waals surface area contributed by atoms with Gasteiger partial charge in [0, 0.05) is 10.3 Å². The standard InChI is InChI=1S/C10H10N2OS.C2H6/c1-6-8-4-7(5-10(11)13)2-3-9(8)12-14-6;1-2/h2-4H,5H2,1H3,(H2,11,13);1-2H3. The van der Waals surface area contributed by atoms with E-state index in [0.29, 0.717) is 6.42 Å². The quantitative estimate of drug-likeness (QED) is 0.871. The van der Waals surface area contributed by atoms with E-state index in [1.165, 1.54) is 16.4 Å². The number of primary amides is 1. The van der Waals surface area contributed by atoms with Gasteiger partial charge < -0.3 is 5.73 Å². The minimum atomic E-state index is -0.301. The minimum Gasteiger partial charge on any atom is -0.369 e. The van der Waals surface area contributed by atoms with Gasteiger partial charge in [-0.15, -0.1) is 0 Å². The molecule has 4 heteroatoms. The van der Waals surface area contributed by atoms with Gasteiger partial charge in [0.1, 0.15) is 0 Å². The van der Waals surface area contributed by atoms with Crippen LogP contribution in [0.5, 0.6) is 0 Å². The topological polar surface area (TPSA) is 56.0 Å². The number of hydrogen-bond donors (Lipinski definition) is 1. The van der Waals surface area contributed by atoms with Gasteiger partial charge in [0.2, 0.25) is 5.91 Å². The fraction of sp³-hybridized carbons (Fsp3) is 0.333. The maximum Gasteiger partial charge on any atom is 0.221 e. The summed E-state index contributed by atoms with van der Waals surface area (Å²) in [4.78, 5) is 11.9. The second-order valence-corrected chi connectivity index (χ2v) is 4.21. The molecule has 1 heterocycles. The van der Waals surface area contributed by atoms with E-state index in [1.54, 1.807) is 0 Å². The van der Waals surface area contributed by atoms with Crippen molar-refractivity contribution in [2.75, 3.05) is 0 Å². The molecule has 0 bridgehead atoms. The second kappa shape index (κ2) is 5.61. The number of aryl methyl sites for hydroxylation is 1. The maximum absolute atomic E-state index is 10.7. The zero-order valence-electron chi connectivity index (χ0n) is 9.78. The lowest BCUT2D eigenvalue weighted by molar-refractivity contribution is -0.117. The Kier molecular flexibility index (Phi) is 4.43. The van der Waals surface area contributed by atoms with Crippen LogP contribution in [0.25, 0.3) is 10.9 Å². The number of aromatic nitrogens is 1. The Morgan fingerprint density at radius 1 is 1.44 bits per heavy atom. The molecule has 0 spiro atoms. The van der Waals surface area contributed by atoms with Gasteiger partial charge in [-0.3, -0.25) is 4.79 Å². The molecule has 1 amide bonds. The smallest absolute Gasteiger partial charge is 0.221 e. The van der Waals surface area contributed by atoms with Crippen molar-refractivity contribution >= 4 is 28.3 Å². The van der Waals surface area contributed by atoms with Crippen molar-refractivity contribution in [1.29, 1.82) is 0 Å². The molecule has 0 atom stereocenters. The third kappa shape index (κ3) is 2.79. The number of fused-ring (bicyclic) bond motifs is 1. The molecule has 0 aliphatic carbocycles. The number of carbonyl (C=O) groups is 1. The summed E-state index contributed by atoms with van der Waals surface area (Å²) in [6, 6.07) is 5.81. The second-order valence-electron chi connectivity index (χ2n) is 3.23. The molecule has 2 N–H and O–H groups in total. The van der Waals surface area contributed by atoms with Crippen LogP contribution < -0.4 is 5.73 Å². The monoisotopic (exact) mass is 236 g/mol. The fourth-order valence-corrected chi connectivity index (χ4v) is 2.08. The predicted octanol–water partition coefficient (Wildman–Crippen LogP) is 2.66. The van der Waals surface area contributed by atoms with Crippen molar-refractivity contribution in [3.8, 4) is 0 Å². The molecule has 86 valence electrons. The van der Waals surface area contributed by atoms with Gasteiger partial charge >= 0.3 is 0 Å². The van der Waals surface area contributed by atoms with E-state index < -0.39 is 0 Å². The lowest BCUT2D eigenvalue weighted by atomic mass is 10.1. The van der Waals surface area contributed by atoms with Crippen LogP contribution in [0.4, 0.5) is 0 Å². The van der Waals surface area contributed by atoms with E-state index in [0.717, 1.165) is 16.5 Å². The van der Waals surface area contributed by atoms with E-state index in [9.17, 15) is 4.79 Å². The van der Waals surface area contributed by atoms with Crippen molar-refractivity contribution in [2.45, 2.75) is 27.2 Å². The average Bonchev–Trinajstić information content (AvgIpc) is 2.63. The summed E-state index contributed by atoms with van der Waals surface area (Å²) in [5.41, 5.74) is 7.07. The first-order valence-electron chi connectivity index (χ1n) is 5.30. The Hall–Kier alpha value is -1.42. The number of nitrogens with two attached hydrogens (primary N) is 1. The van der Waals surface area contributed by atoms with Crippen molar-refractivity contribution in [1.82, 2.24) is 4.37 Å². The van der Waals surface area contributed by atoms with Crippen LogP contribution in [0.15, 0.2) is 18.2 Å². The van der Waals surface area contributed by atoms with Crippen LogP contribution in [-0.4, -0.2) is 10.3 Å². The third-order valence-electron chi connectivity index (χ3n) is 2.10. The van der Waals surface area contributed by atoms with E-state index in [1.807, 2.05) is 39.0 Å². The average molecular weight is 236 g/mol. The van der Waals surface area contributed by atoms with Crippen molar-refractivity contribution < 1.29 is 4.79 Å². The van der Waals surface area contributed by atoms with Crippen molar-refractivity contribution in [2.24, 2.45) is 5.73 Å². The molecule has 0 saturated heterocycles. The molecular formula is C12H16N2OS. The highest BCUT2D eigenvalue weighted by atomic mass is 32.1. The summed E-state index contributed by atoms with van der Waals surface area (Å²) in [7, 11) is 0. The Labute approximate surface area is 99.4 Å². The first-order chi connectivity index (χ1) is 7.66. The van der Waals surface area contributed by atoms with Gasteiger partial charge in [-0.05, 0) is 36.2 Å². The SMILES string of the molecule is CC.Cc1snc2ccc(CC(N)=O)cc12. The van der Waals surface area contributed by atoms with E-state index in [-0.39, 0.29) is 5.91 Å². The van der Waals surface area contributed by atoms with Gasteiger partial charge in [0.05, 0.1) is 11.9 Å². The number of nitrogens with zero attached hydrogens (tertiary/aromatic N) is 1. The van der Waals surface area contributed by atoms with E-state index >= 15 is 0 Å². The number of carbonyl (C=O) groups excluding carboxylic acids is 1.